The van der Waals surface area contributed by atoms with Crippen LogP contribution >= 0.6 is 35.7 Å². The van der Waals surface area contributed by atoms with E-state index in [1.54, 1.807) is 19.0 Å². The number of guanidine groups is 1. The normalized spacial score (nSPS) is 25.0. The van der Waals surface area contributed by atoms with Gasteiger partial charge in [0.15, 0.2) is 5.96 Å². The van der Waals surface area contributed by atoms with E-state index in [4.69, 9.17) is 0 Å². The molecule has 1 heterocycles. The fourth-order valence-corrected chi connectivity index (χ4v) is 4.37. The Hall–Kier alpha value is -0.180. The monoisotopic (exact) mass is 468 g/mol. The first-order valence-corrected chi connectivity index (χ1v) is 9.86. The van der Waals surface area contributed by atoms with Crippen LogP contribution in [-0.2, 0) is 4.79 Å². The molecule has 1 saturated heterocycles. The summed E-state index contributed by atoms with van der Waals surface area (Å²) in [7, 11) is 3.55. The summed E-state index contributed by atoms with van der Waals surface area (Å²) in [5.74, 6) is 2.09. The molecule has 2 N–H and O–H groups in total. The quantitative estimate of drug-likeness (QED) is 0.370. The number of aliphatic imine (C=N–C) groups is 1. The predicted molar refractivity (Wildman–Crippen MR) is 115 cm³/mol. The Kier molecular flexibility index (Phi) is 9.77. The van der Waals surface area contributed by atoms with Crippen molar-refractivity contribution in [1.82, 2.24) is 15.5 Å². The summed E-state index contributed by atoms with van der Waals surface area (Å²) in [5.41, 5.74) is 0. The van der Waals surface area contributed by atoms with E-state index in [0.29, 0.717) is 10.8 Å². The molecule has 0 spiro atoms. The summed E-state index contributed by atoms with van der Waals surface area (Å²) >= 11 is 2.04. The first-order chi connectivity index (χ1) is 11.0. The molecule has 1 amide bonds. The molecule has 7 heteroatoms. The molecule has 2 aliphatic rings. The number of carbonyl (C=O) groups is 1. The largest absolute Gasteiger partial charge is 0.355 e. The molecule has 0 aromatic carbocycles. The van der Waals surface area contributed by atoms with Gasteiger partial charge in [-0.15, -0.1) is 24.0 Å². The van der Waals surface area contributed by atoms with Crippen molar-refractivity contribution in [2.75, 3.05) is 32.9 Å². The van der Waals surface area contributed by atoms with Gasteiger partial charge in [0.1, 0.15) is 6.54 Å². The van der Waals surface area contributed by atoms with Crippen molar-refractivity contribution >= 4 is 47.6 Å². The topological polar surface area (TPSA) is 56.7 Å². The van der Waals surface area contributed by atoms with Gasteiger partial charge in [-0.3, -0.25) is 4.79 Å². The van der Waals surface area contributed by atoms with Crippen LogP contribution in [0.5, 0.6) is 0 Å². The van der Waals surface area contributed by atoms with Crippen molar-refractivity contribution in [2.24, 2.45) is 4.99 Å². The summed E-state index contributed by atoms with van der Waals surface area (Å²) in [6, 6.07) is 0.494. The second-order valence-corrected chi connectivity index (χ2v) is 8.87. The molecule has 2 fully saturated rings. The van der Waals surface area contributed by atoms with Crippen LogP contribution in [0.2, 0.25) is 0 Å². The fourth-order valence-electron chi connectivity index (χ4n) is 3.13. The zero-order valence-corrected chi connectivity index (χ0v) is 18.4. The van der Waals surface area contributed by atoms with Gasteiger partial charge in [0.25, 0.3) is 0 Å². The number of amides is 1. The van der Waals surface area contributed by atoms with Crippen molar-refractivity contribution < 1.29 is 4.79 Å². The minimum absolute atomic E-state index is 0. The maximum absolute atomic E-state index is 11.8. The van der Waals surface area contributed by atoms with E-state index in [1.807, 2.05) is 11.8 Å². The lowest BCUT2D eigenvalue weighted by molar-refractivity contribution is -0.127. The van der Waals surface area contributed by atoms with Gasteiger partial charge in [-0.1, -0.05) is 19.3 Å². The number of likely N-dealkylation sites (N-methyl/N-ethyl adjacent to an activating group) is 1. The maximum atomic E-state index is 11.8. The van der Waals surface area contributed by atoms with Crippen LogP contribution in [0, 0.1) is 0 Å². The van der Waals surface area contributed by atoms with Crippen LogP contribution in [0.15, 0.2) is 4.99 Å². The first kappa shape index (κ1) is 21.9. The van der Waals surface area contributed by atoms with E-state index in [0.717, 1.165) is 12.5 Å². The van der Waals surface area contributed by atoms with Crippen LogP contribution in [-0.4, -0.2) is 60.5 Å². The zero-order valence-electron chi connectivity index (χ0n) is 15.3. The second-order valence-electron chi connectivity index (χ2n) is 7.19. The number of hydrogen-bond acceptors (Lipinski definition) is 3. The van der Waals surface area contributed by atoms with Crippen molar-refractivity contribution in [1.29, 1.82) is 0 Å². The summed E-state index contributed by atoms with van der Waals surface area (Å²) in [6.45, 7) is 3.44. The molecule has 0 radical (unpaired) electrons. The highest BCUT2D eigenvalue weighted by molar-refractivity contribution is 14.0. The Balaban J connectivity index is 0.00000288. The molecule has 0 aromatic rings. The van der Waals surface area contributed by atoms with Gasteiger partial charge in [0.05, 0.1) is 0 Å². The average Bonchev–Trinajstić information content (AvgIpc) is 2.97. The molecule has 1 aliphatic carbocycles. The van der Waals surface area contributed by atoms with Gasteiger partial charge in [0, 0.05) is 31.4 Å². The molecular formula is C17H33IN4OS. The minimum atomic E-state index is 0. The predicted octanol–water partition coefficient (Wildman–Crippen LogP) is 2.85. The van der Waals surface area contributed by atoms with Crippen LogP contribution in [0.25, 0.3) is 0 Å². The van der Waals surface area contributed by atoms with Crippen molar-refractivity contribution in [3.8, 4) is 0 Å². The summed E-state index contributed by atoms with van der Waals surface area (Å²) in [6.07, 6.45) is 8.86. The van der Waals surface area contributed by atoms with Gasteiger partial charge in [0.2, 0.25) is 5.91 Å². The molecular weight excluding hydrogens is 435 g/mol. The Morgan fingerprint density at radius 3 is 2.54 bits per heavy atom. The third-order valence-corrected chi connectivity index (χ3v) is 6.29. The number of halogens is 1. The first-order valence-electron chi connectivity index (χ1n) is 8.87. The van der Waals surface area contributed by atoms with Crippen molar-refractivity contribution in [3.05, 3.63) is 0 Å². The second kappa shape index (κ2) is 10.7. The molecule has 0 aromatic heterocycles. The highest BCUT2D eigenvalue weighted by Gasteiger charge is 2.29. The van der Waals surface area contributed by atoms with E-state index < -0.39 is 0 Å². The lowest BCUT2D eigenvalue weighted by Crippen LogP contribution is -2.48. The lowest BCUT2D eigenvalue weighted by Gasteiger charge is -2.28. The molecule has 0 bridgehead atoms. The van der Waals surface area contributed by atoms with Crippen LogP contribution in [0.4, 0.5) is 0 Å². The lowest BCUT2D eigenvalue weighted by atomic mass is 9.96. The van der Waals surface area contributed by atoms with E-state index in [1.165, 1.54) is 50.7 Å². The van der Waals surface area contributed by atoms with Gasteiger partial charge in [-0.2, -0.15) is 11.8 Å². The van der Waals surface area contributed by atoms with Gasteiger partial charge in [-0.25, -0.2) is 4.99 Å². The number of nitrogens with zero attached hydrogens (tertiary/aromatic N) is 2. The smallest absolute Gasteiger partial charge is 0.243 e. The number of nitrogens with one attached hydrogen (secondary N) is 2. The van der Waals surface area contributed by atoms with Crippen LogP contribution in [0.1, 0.15) is 51.9 Å². The van der Waals surface area contributed by atoms with Crippen LogP contribution in [0.3, 0.4) is 0 Å². The number of thioether (sulfide) groups is 1. The third-order valence-electron chi connectivity index (χ3n) is 4.75. The Morgan fingerprint density at radius 1 is 1.25 bits per heavy atom. The standard InChI is InChI=1S/C17H32N4OS.HI/c1-17(10-7-11-23-17)13-19-16(18-12-15(22)21(2)3)20-14-8-5-4-6-9-14;/h14H,4-13H2,1-3H3,(H2,18,19,20);1H. The summed E-state index contributed by atoms with van der Waals surface area (Å²) in [4.78, 5) is 17.9. The molecule has 1 saturated carbocycles. The Labute approximate surface area is 168 Å². The molecule has 1 unspecified atom stereocenters. The van der Waals surface area contributed by atoms with E-state index in [9.17, 15) is 4.79 Å². The van der Waals surface area contributed by atoms with Crippen molar-refractivity contribution in [3.63, 3.8) is 0 Å². The molecule has 24 heavy (non-hydrogen) atoms. The van der Waals surface area contributed by atoms with Crippen molar-refractivity contribution in [2.45, 2.75) is 62.7 Å². The fraction of sp³-hybridized carbons (Fsp3) is 0.882. The van der Waals surface area contributed by atoms with Crippen LogP contribution < -0.4 is 10.6 Å². The minimum Gasteiger partial charge on any atom is -0.355 e. The molecule has 2 rings (SSSR count). The molecule has 1 atom stereocenters. The van der Waals surface area contributed by atoms with Gasteiger partial charge in [-0.05, 0) is 38.4 Å². The summed E-state index contributed by atoms with van der Waals surface area (Å²) < 4.78 is 0.292. The number of rotatable bonds is 5. The molecule has 1 aliphatic heterocycles. The molecule has 5 nitrogen and oxygen atoms in total. The SMILES string of the molecule is CN(C)C(=O)CN=C(NCC1(C)CCCS1)NC1CCCCC1.I. The maximum Gasteiger partial charge on any atom is 0.243 e. The Morgan fingerprint density at radius 2 is 1.96 bits per heavy atom. The number of carbonyl (C=O) groups excluding carboxylic acids is 1. The average molecular weight is 468 g/mol. The highest BCUT2D eigenvalue weighted by atomic mass is 127. The third kappa shape index (κ3) is 7.37. The zero-order chi connectivity index (χ0) is 16.7. The van der Waals surface area contributed by atoms with E-state index in [-0.39, 0.29) is 36.4 Å². The highest BCUT2D eigenvalue weighted by Crippen LogP contribution is 2.36. The summed E-state index contributed by atoms with van der Waals surface area (Å²) in [5, 5.41) is 7.04. The van der Waals surface area contributed by atoms with Gasteiger partial charge < -0.3 is 15.5 Å². The number of hydrogen-bond donors (Lipinski definition) is 2. The van der Waals surface area contributed by atoms with Gasteiger partial charge >= 0.3 is 0 Å². The van der Waals surface area contributed by atoms with E-state index >= 15 is 0 Å². The molecule has 140 valence electrons. The van der Waals surface area contributed by atoms with E-state index in [2.05, 4.69) is 22.5 Å². The Bertz CT molecular complexity index is 419.